The second-order valence-corrected chi connectivity index (χ2v) is 9.02. The zero-order chi connectivity index (χ0) is 21.4. The Kier molecular flexibility index (Phi) is 5.43. The first kappa shape index (κ1) is 20.1. The number of rotatable bonds is 6. The molecule has 1 saturated carbocycles. The minimum atomic E-state index is 0.160. The van der Waals surface area contributed by atoms with E-state index in [0.717, 1.165) is 54.5 Å². The third kappa shape index (κ3) is 4.32. The van der Waals surface area contributed by atoms with Gasteiger partial charge in [-0.15, -0.1) is 0 Å². The van der Waals surface area contributed by atoms with E-state index in [1.165, 1.54) is 12.8 Å². The van der Waals surface area contributed by atoms with Crippen LogP contribution in [0.4, 0.5) is 0 Å². The summed E-state index contributed by atoms with van der Waals surface area (Å²) in [5, 5.41) is 14.8. The average molecular weight is 438 g/mol. The number of hydrogen-bond donors (Lipinski definition) is 2. The average Bonchev–Trinajstić information content (AvgIpc) is 3.39. The van der Waals surface area contributed by atoms with E-state index in [9.17, 15) is 4.79 Å². The number of hydrogen-bond acceptors (Lipinski definition) is 5. The number of amides is 1. The number of nitrogens with zero attached hydrogens (tertiary/aromatic N) is 5. The third-order valence-corrected chi connectivity index (χ3v) is 6.59. The van der Waals surface area contributed by atoms with Crippen LogP contribution >= 0.6 is 12.2 Å². The molecule has 0 spiro atoms. The van der Waals surface area contributed by atoms with Gasteiger partial charge in [-0.3, -0.25) is 19.6 Å². The molecule has 8 nitrogen and oxygen atoms in total. The predicted molar refractivity (Wildman–Crippen MR) is 119 cm³/mol. The Balaban J connectivity index is 1.18. The molecular weight excluding hydrogens is 410 g/mol. The number of carbonyl (C=O) groups is 1. The number of benzene rings is 1. The first-order valence-corrected chi connectivity index (χ1v) is 11.4. The summed E-state index contributed by atoms with van der Waals surface area (Å²) in [5.41, 5.74) is 2.16. The molecule has 0 radical (unpaired) electrons. The van der Waals surface area contributed by atoms with E-state index in [-0.39, 0.29) is 5.91 Å². The lowest BCUT2D eigenvalue weighted by Gasteiger charge is -2.31. The number of aryl methyl sites for hydroxylation is 1. The van der Waals surface area contributed by atoms with Gasteiger partial charge in [-0.25, -0.2) is 4.98 Å². The maximum absolute atomic E-state index is 12.9. The summed E-state index contributed by atoms with van der Waals surface area (Å²) < 4.78 is 2.46. The van der Waals surface area contributed by atoms with Crippen molar-refractivity contribution in [2.24, 2.45) is 0 Å². The lowest BCUT2D eigenvalue weighted by atomic mass is 9.96. The van der Waals surface area contributed by atoms with Crippen molar-refractivity contribution in [2.45, 2.75) is 57.4 Å². The predicted octanol–water partition coefficient (Wildman–Crippen LogP) is 3.71. The molecule has 2 N–H and O–H groups in total. The van der Waals surface area contributed by atoms with Gasteiger partial charge >= 0.3 is 0 Å². The largest absolute Gasteiger partial charge is 0.343 e. The number of piperidine rings is 1. The second kappa shape index (κ2) is 8.37. The molecule has 1 aromatic carbocycles. The van der Waals surface area contributed by atoms with E-state index in [0.29, 0.717) is 29.6 Å². The standard InChI is InChI=1S/C22H27N7OS/c1-14-3-2-4-17(13-14)21-26-27-22(31)29(21)12-9-18(30)28-10-7-16(8-11-28)20-23-19(24-25-20)15-5-6-15/h2-4,13,15-16H,5-12H2,1H3,(H,27,31)(H,23,24,25). The van der Waals surface area contributed by atoms with E-state index in [2.05, 4.69) is 26.5 Å². The number of aromatic amines is 2. The van der Waals surface area contributed by atoms with Crippen LogP contribution in [-0.2, 0) is 11.3 Å². The van der Waals surface area contributed by atoms with Crippen molar-refractivity contribution in [3.63, 3.8) is 0 Å². The van der Waals surface area contributed by atoms with E-state index < -0.39 is 0 Å². The van der Waals surface area contributed by atoms with Crippen molar-refractivity contribution < 1.29 is 4.79 Å². The topological polar surface area (TPSA) is 95.5 Å². The molecule has 0 unspecified atom stereocenters. The molecule has 2 fully saturated rings. The Morgan fingerprint density at radius 1 is 1.13 bits per heavy atom. The van der Waals surface area contributed by atoms with Gasteiger partial charge in [0.25, 0.3) is 0 Å². The monoisotopic (exact) mass is 437 g/mol. The molecule has 5 rings (SSSR count). The van der Waals surface area contributed by atoms with Crippen LogP contribution < -0.4 is 0 Å². The number of aromatic nitrogens is 6. The fourth-order valence-corrected chi connectivity index (χ4v) is 4.52. The lowest BCUT2D eigenvalue weighted by Crippen LogP contribution is -2.38. The molecular formula is C22H27N7OS. The van der Waals surface area contributed by atoms with Crippen molar-refractivity contribution in [2.75, 3.05) is 13.1 Å². The summed E-state index contributed by atoms with van der Waals surface area (Å²) in [6.45, 7) is 4.08. The zero-order valence-electron chi connectivity index (χ0n) is 17.7. The van der Waals surface area contributed by atoms with Crippen LogP contribution in [0.2, 0.25) is 0 Å². The van der Waals surface area contributed by atoms with Gasteiger partial charge in [0, 0.05) is 43.5 Å². The number of likely N-dealkylation sites (tertiary alicyclic amines) is 1. The van der Waals surface area contributed by atoms with Crippen molar-refractivity contribution in [3.05, 3.63) is 46.2 Å². The SMILES string of the molecule is Cc1cccc(-c2n[nH]c(=S)n2CCC(=O)N2CCC(c3nc(C4CC4)n[nH]3)CC2)c1. The Morgan fingerprint density at radius 2 is 1.94 bits per heavy atom. The van der Waals surface area contributed by atoms with Crippen molar-refractivity contribution >= 4 is 18.1 Å². The van der Waals surface area contributed by atoms with Gasteiger partial charge in [-0.2, -0.15) is 10.2 Å². The highest BCUT2D eigenvalue weighted by Gasteiger charge is 2.30. The summed E-state index contributed by atoms with van der Waals surface area (Å²) >= 11 is 5.41. The fourth-order valence-electron chi connectivity index (χ4n) is 4.29. The Bertz CT molecular complexity index is 1130. The van der Waals surface area contributed by atoms with Crippen molar-refractivity contribution in [3.8, 4) is 11.4 Å². The van der Waals surface area contributed by atoms with Crippen molar-refractivity contribution in [1.29, 1.82) is 0 Å². The number of carbonyl (C=O) groups excluding carboxylic acids is 1. The van der Waals surface area contributed by atoms with Crippen LogP contribution in [0.25, 0.3) is 11.4 Å². The Hall–Kier alpha value is -2.81. The molecule has 1 amide bonds. The van der Waals surface area contributed by atoms with E-state index in [1.54, 1.807) is 0 Å². The van der Waals surface area contributed by atoms with Crippen molar-refractivity contribution in [1.82, 2.24) is 34.8 Å². The van der Waals surface area contributed by atoms with Gasteiger partial charge in [-0.05, 0) is 50.9 Å². The molecule has 2 aromatic heterocycles. The minimum Gasteiger partial charge on any atom is -0.343 e. The second-order valence-electron chi connectivity index (χ2n) is 8.63. The van der Waals surface area contributed by atoms with Crippen LogP contribution in [0.3, 0.4) is 0 Å². The molecule has 31 heavy (non-hydrogen) atoms. The molecule has 162 valence electrons. The highest BCUT2D eigenvalue weighted by atomic mass is 32.1. The summed E-state index contributed by atoms with van der Waals surface area (Å²) in [4.78, 5) is 19.5. The summed E-state index contributed by atoms with van der Waals surface area (Å²) in [6.07, 6.45) is 4.66. The summed E-state index contributed by atoms with van der Waals surface area (Å²) in [7, 11) is 0. The van der Waals surface area contributed by atoms with E-state index >= 15 is 0 Å². The highest BCUT2D eigenvalue weighted by molar-refractivity contribution is 7.71. The first-order valence-electron chi connectivity index (χ1n) is 11.0. The molecule has 3 heterocycles. The molecule has 1 aliphatic heterocycles. The van der Waals surface area contributed by atoms with E-state index in [1.807, 2.05) is 34.6 Å². The molecule has 3 aromatic rings. The Morgan fingerprint density at radius 3 is 2.68 bits per heavy atom. The quantitative estimate of drug-likeness (QED) is 0.573. The van der Waals surface area contributed by atoms with Gasteiger partial charge in [0.15, 0.2) is 16.4 Å². The van der Waals surface area contributed by atoms with Gasteiger partial charge in [0.05, 0.1) is 0 Å². The summed E-state index contributed by atoms with van der Waals surface area (Å²) in [5.74, 6) is 3.81. The molecule has 0 atom stereocenters. The van der Waals surface area contributed by atoms with Crippen LogP contribution in [0.15, 0.2) is 24.3 Å². The van der Waals surface area contributed by atoms with Gasteiger partial charge in [-0.1, -0.05) is 23.8 Å². The third-order valence-electron chi connectivity index (χ3n) is 6.28. The van der Waals surface area contributed by atoms with Crippen LogP contribution in [0.1, 0.15) is 61.2 Å². The van der Waals surface area contributed by atoms with Gasteiger partial charge < -0.3 is 4.90 Å². The maximum atomic E-state index is 12.9. The summed E-state index contributed by atoms with van der Waals surface area (Å²) in [6, 6.07) is 8.14. The smallest absolute Gasteiger partial charge is 0.224 e. The van der Waals surface area contributed by atoms with Gasteiger partial charge in [0.2, 0.25) is 5.91 Å². The molecule has 9 heteroatoms. The molecule has 1 saturated heterocycles. The molecule has 1 aliphatic carbocycles. The Labute approximate surface area is 186 Å². The van der Waals surface area contributed by atoms with Gasteiger partial charge in [0.1, 0.15) is 5.82 Å². The maximum Gasteiger partial charge on any atom is 0.224 e. The van der Waals surface area contributed by atoms with Crippen LogP contribution in [0.5, 0.6) is 0 Å². The lowest BCUT2D eigenvalue weighted by molar-refractivity contribution is -0.132. The van der Waals surface area contributed by atoms with Crippen LogP contribution in [-0.4, -0.2) is 53.8 Å². The molecule has 2 aliphatic rings. The number of nitrogens with one attached hydrogen (secondary N) is 2. The molecule has 0 bridgehead atoms. The fraction of sp³-hybridized carbons (Fsp3) is 0.500. The first-order chi connectivity index (χ1) is 15.1. The van der Waals surface area contributed by atoms with E-state index in [4.69, 9.17) is 17.2 Å². The number of H-pyrrole nitrogens is 2. The normalized spacial score (nSPS) is 17.3. The highest BCUT2D eigenvalue weighted by Crippen LogP contribution is 2.38. The minimum absolute atomic E-state index is 0.160. The van der Waals surface area contributed by atoms with Crippen LogP contribution in [0, 0.1) is 11.7 Å². The zero-order valence-corrected chi connectivity index (χ0v) is 18.5.